The summed E-state index contributed by atoms with van der Waals surface area (Å²) < 4.78 is 14.3. The highest BCUT2D eigenvalue weighted by molar-refractivity contribution is 5.86. The van der Waals surface area contributed by atoms with E-state index < -0.39 is 0 Å². The molecule has 1 amide bonds. The molecule has 202 valence electrons. The van der Waals surface area contributed by atoms with Gasteiger partial charge >= 0.3 is 0 Å². The molecule has 2 N–H and O–H groups in total. The summed E-state index contributed by atoms with van der Waals surface area (Å²) in [6, 6.07) is 26.0. The van der Waals surface area contributed by atoms with Crippen LogP contribution in [0.2, 0.25) is 0 Å². The van der Waals surface area contributed by atoms with Crippen LogP contribution in [0, 0.1) is 5.82 Å². The molecule has 1 aromatic heterocycles. The summed E-state index contributed by atoms with van der Waals surface area (Å²) in [5.41, 5.74) is 5.88. The number of aromatic nitrogens is 1. The number of H-pyrrole nitrogens is 1. The monoisotopic (exact) mass is 523 g/mol. The molecular weight excluding hydrogens is 485 g/mol. The zero-order valence-electron chi connectivity index (χ0n) is 23.0. The van der Waals surface area contributed by atoms with Crippen molar-refractivity contribution in [3.63, 3.8) is 0 Å². The molecule has 1 fully saturated rings. The Morgan fingerprint density at radius 2 is 1.72 bits per heavy atom. The Morgan fingerprint density at radius 1 is 0.974 bits per heavy atom. The Balaban J connectivity index is 1.28. The number of para-hydroxylation sites is 1. The number of rotatable bonds is 6. The summed E-state index contributed by atoms with van der Waals surface area (Å²) in [5, 5.41) is 4.69. The summed E-state index contributed by atoms with van der Waals surface area (Å²) in [6.45, 7) is 0. The molecule has 4 aromatic rings. The van der Waals surface area contributed by atoms with E-state index in [1.165, 1.54) is 33.8 Å². The minimum Gasteiger partial charge on any atom is -0.358 e. The van der Waals surface area contributed by atoms with E-state index in [0.29, 0.717) is 6.42 Å². The van der Waals surface area contributed by atoms with Gasteiger partial charge in [-0.05, 0) is 93.9 Å². The molecule has 39 heavy (non-hydrogen) atoms. The van der Waals surface area contributed by atoms with Crippen LogP contribution in [0.15, 0.2) is 78.9 Å². The Labute approximate surface area is 230 Å². The molecule has 1 spiro atoms. The molecule has 5 heteroatoms. The smallest absolute Gasteiger partial charge is 0.220 e. The minimum atomic E-state index is -0.203. The third kappa shape index (κ3) is 4.78. The van der Waals surface area contributed by atoms with Crippen molar-refractivity contribution in [1.29, 1.82) is 0 Å². The van der Waals surface area contributed by atoms with Crippen LogP contribution in [0.25, 0.3) is 10.9 Å². The first kappa shape index (κ1) is 25.8. The van der Waals surface area contributed by atoms with E-state index in [0.717, 1.165) is 50.5 Å². The predicted molar refractivity (Wildman–Crippen MR) is 155 cm³/mol. The lowest BCUT2D eigenvalue weighted by atomic mass is 9.58. The number of aryl methyl sites for hydroxylation is 1. The first-order valence-electron chi connectivity index (χ1n) is 14.3. The lowest BCUT2D eigenvalue weighted by molar-refractivity contribution is -0.122. The average molecular weight is 524 g/mol. The number of hydrogen-bond donors (Lipinski definition) is 2. The fraction of sp³-hybridized carbons (Fsp3) is 0.382. The highest BCUT2D eigenvalue weighted by Crippen LogP contribution is 2.54. The SMILES string of the molecule is CN(C)C1(c2cccc(F)c2)CCC2(CC1)CC(NC(=O)CCc1ccccc1)Cc1c2[nH]c2ccccc12. The second-order valence-corrected chi connectivity index (χ2v) is 11.9. The Morgan fingerprint density at radius 3 is 2.46 bits per heavy atom. The Bertz CT molecular complexity index is 1470. The second-order valence-electron chi connectivity index (χ2n) is 11.9. The van der Waals surface area contributed by atoms with E-state index in [2.05, 4.69) is 71.8 Å². The zero-order chi connectivity index (χ0) is 27.0. The van der Waals surface area contributed by atoms with Crippen molar-refractivity contribution < 1.29 is 9.18 Å². The van der Waals surface area contributed by atoms with E-state index in [1.807, 2.05) is 24.3 Å². The number of aromatic amines is 1. The number of fused-ring (bicyclic) bond motifs is 4. The molecule has 2 aliphatic carbocycles. The number of amides is 1. The number of halogens is 1. The van der Waals surface area contributed by atoms with Crippen LogP contribution in [0.5, 0.6) is 0 Å². The highest BCUT2D eigenvalue weighted by atomic mass is 19.1. The standard InChI is InChI=1S/C34H38FN3O/c1-38(2)34(25-11-8-12-26(35)21-25)19-17-33(18-20-34)23-27(36-31(39)16-15-24-9-4-3-5-10-24)22-29-28-13-6-7-14-30(28)37-32(29)33/h3-14,21,27,37H,15-20,22-23H2,1-2H3,(H,36,39). The molecular formula is C34H38FN3O. The quantitative estimate of drug-likeness (QED) is 0.298. The topological polar surface area (TPSA) is 48.1 Å². The van der Waals surface area contributed by atoms with Gasteiger partial charge in [-0.15, -0.1) is 0 Å². The molecule has 1 saturated carbocycles. The molecule has 0 radical (unpaired) electrons. The van der Waals surface area contributed by atoms with E-state index in [4.69, 9.17) is 0 Å². The molecule has 1 heterocycles. The number of hydrogen-bond acceptors (Lipinski definition) is 2. The molecule has 0 aliphatic heterocycles. The van der Waals surface area contributed by atoms with Crippen LogP contribution >= 0.6 is 0 Å². The normalized spacial score (nSPS) is 24.7. The first-order valence-corrected chi connectivity index (χ1v) is 14.3. The van der Waals surface area contributed by atoms with Crippen molar-refractivity contribution in [3.05, 3.63) is 107 Å². The second kappa shape index (κ2) is 10.3. The largest absolute Gasteiger partial charge is 0.358 e. The van der Waals surface area contributed by atoms with Crippen LogP contribution < -0.4 is 5.32 Å². The molecule has 1 unspecified atom stereocenters. The third-order valence-corrected chi connectivity index (χ3v) is 9.53. The Kier molecular flexibility index (Phi) is 6.80. The maximum Gasteiger partial charge on any atom is 0.220 e. The van der Waals surface area contributed by atoms with Gasteiger partial charge in [0.1, 0.15) is 5.82 Å². The fourth-order valence-electron chi connectivity index (χ4n) is 7.43. The lowest BCUT2D eigenvalue weighted by Gasteiger charge is -2.52. The van der Waals surface area contributed by atoms with E-state index in [9.17, 15) is 9.18 Å². The molecule has 2 aliphatic rings. The van der Waals surface area contributed by atoms with Crippen molar-refractivity contribution in [2.24, 2.45) is 0 Å². The number of benzene rings is 3. The molecule has 0 saturated heterocycles. The predicted octanol–water partition coefficient (Wildman–Crippen LogP) is 6.64. The molecule has 1 atom stereocenters. The van der Waals surface area contributed by atoms with E-state index in [1.54, 1.807) is 6.07 Å². The summed E-state index contributed by atoms with van der Waals surface area (Å²) in [4.78, 5) is 19.2. The first-order chi connectivity index (χ1) is 18.9. The van der Waals surface area contributed by atoms with Gasteiger partial charge in [0.05, 0.1) is 0 Å². The van der Waals surface area contributed by atoms with Crippen molar-refractivity contribution >= 4 is 16.8 Å². The minimum absolute atomic E-state index is 0.0448. The molecule has 3 aromatic carbocycles. The Hall–Kier alpha value is -3.44. The van der Waals surface area contributed by atoms with Gasteiger partial charge in [-0.1, -0.05) is 60.7 Å². The van der Waals surface area contributed by atoms with E-state index in [-0.39, 0.29) is 28.7 Å². The maximum atomic E-state index is 14.3. The van der Waals surface area contributed by atoms with Gasteiger partial charge in [-0.25, -0.2) is 4.39 Å². The van der Waals surface area contributed by atoms with Crippen LogP contribution in [0.4, 0.5) is 4.39 Å². The molecule has 0 bridgehead atoms. The number of nitrogens with one attached hydrogen (secondary N) is 2. The van der Waals surface area contributed by atoms with Gasteiger partial charge in [-0.2, -0.15) is 0 Å². The van der Waals surface area contributed by atoms with E-state index >= 15 is 0 Å². The summed E-state index contributed by atoms with van der Waals surface area (Å²) in [7, 11) is 4.24. The maximum absolute atomic E-state index is 14.3. The van der Waals surface area contributed by atoms with Crippen LogP contribution in [-0.2, 0) is 28.6 Å². The zero-order valence-corrected chi connectivity index (χ0v) is 23.0. The highest BCUT2D eigenvalue weighted by Gasteiger charge is 2.50. The van der Waals surface area contributed by atoms with Gasteiger partial charge in [0.2, 0.25) is 5.91 Å². The van der Waals surface area contributed by atoms with Crippen LogP contribution in [0.1, 0.15) is 60.9 Å². The number of nitrogens with zero attached hydrogens (tertiary/aromatic N) is 1. The summed E-state index contributed by atoms with van der Waals surface area (Å²) in [5.74, 6) is -0.0524. The third-order valence-electron chi connectivity index (χ3n) is 9.53. The fourth-order valence-corrected chi connectivity index (χ4v) is 7.43. The van der Waals surface area contributed by atoms with Crippen molar-refractivity contribution in [1.82, 2.24) is 15.2 Å². The van der Waals surface area contributed by atoms with Gasteiger partial charge in [0.25, 0.3) is 0 Å². The van der Waals surface area contributed by atoms with Gasteiger partial charge in [0, 0.05) is 40.0 Å². The molecule has 4 nitrogen and oxygen atoms in total. The summed E-state index contributed by atoms with van der Waals surface area (Å²) in [6.07, 6.45) is 6.87. The summed E-state index contributed by atoms with van der Waals surface area (Å²) >= 11 is 0. The van der Waals surface area contributed by atoms with Gasteiger partial charge in [0.15, 0.2) is 0 Å². The van der Waals surface area contributed by atoms with Gasteiger partial charge < -0.3 is 10.3 Å². The van der Waals surface area contributed by atoms with Crippen LogP contribution in [0.3, 0.4) is 0 Å². The molecule has 6 rings (SSSR count). The van der Waals surface area contributed by atoms with Crippen molar-refractivity contribution in [3.8, 4) is 0 Å². The number of carbonyl (C=O) groups is 1. The number of carbonyl (C=O) groups excluding carboxylic acids is 1. The van der Waals surface area contributed by atoms with Crippen LogP contribution in [-0.4, -0.2) is 35.9 Å². The average Bonchev–Trinajstić information content (AvgIpc) is 3.32. The van der Waals surface area contributed by atoms with Crippen molar-refractivity contribution in [2.75, 3.05) is 14.1 Å². The lowest BCUT2D eigenvalue weighted by Crippen LogP contribution is -2.52. The van der Waals surface area contributed by atoms with Gasteiger partial charge in [-0.3, -0.25) is 9.69 Å². The van der Waals surface area contributed by atoms with Crippen molar-refractivity contribution in [2.45, 2.75) is 68.4 Å².